The Balaban J connectivity index is 1.71. The van der Waals surface area contributed by atoms with Crippen LogP contribution in [0.1, 0.15) is 74.3 Å². The molecule has 2 fully saturated rings. The van der Waals surface area contributed by atoms with Crippen molar-refractivity contribution in [1.82, 2.24) is 19.6 Å². The summed E-state index contributed by atoms with van der Waals surface area (Å²) >= 11 is 0. The Bertz CT molecular complexity index is 741. The van der Waals surface area contributed by atoms with Crippen LogP contribution in [0.2, 0.25) is 0 Å². The van der Waals surface area contributed by atoms with Gasteiger partial charge in [-0.15, -0.1) is 0 Å². The van der Waals surface area contributed by atoms with Crippen LogP contribution < -0.4 is 0 Å². The molecule has 0 spiro atoms. The number of carboxylic acids is 1. The molecular weight excluding hydrogens is 360 g/mol. The number of carboxylic acid groups (broad SMARTS) is 1. The molecule has 0 aromatic carbocycles. The van der Waals surface area contributed by atoms with Crippen molar-refractivity contribution in [2.75, 3.05) is 19.6 Å². The first-order valence-electron chi connectivity index (χ1n) is 10.3. The molecule has 1 aliphatic carbocycles. The van der Waals surface area contributed by atoms with Crippen LogP contribution in [0.4, 0.5) is 0 Å². The van der Waals surface area contributed by atoms with Crippen molar-refractivity contribution in [3.05, 3.63) is 17.5 Å². The molecule has 154 valence electrons. The molecular formula is C20H30N4O4. The maximum absolute atomic E-state index is 13.2. The van der Waals surface area contributed by atoms with Gasteiger partial charge in [-0.2, -0.15) is 5.10 Å². The fourth-order valence-corrected chi connectivity index (χ4v) is 4.14. The fraction of sp³-hybridized carbons (Fsp3) is 0.700. The molecule has 0 radical (unpaired) electrons. The molecule has 8 nitrogen and oxygen atoms in total. The predicted octanol–water partition coefficient (Wildman–Crippen LogP) is 2.10. The molecule has 1 saturated carbocycles. The van der Waals surface area contributed by atoms with Gasteiger partial charge in [-0.1, -0.05) is 6.92 Å². The van der Waals surface area contributed by atoms with Gasteiger partial charge < -0.3 is 14.9 Å². The predicted molar refractivity (Wildman–Crippen MR) is 103 cm³/mol. The monoisotopic (exact) mass is 390 g/mol. The van der Waals surface area contributed by atoms with E-state index >= 15 is 0 Å². The first kappa shape index (κ1) is 20.4. The van der Waals surface area contributed by atoms with Crippen LogP contribution in [-0.2, 0) is 16.1 Å². The van der Waals surface area contributed by atoms with Gasteiger partial charge in [0.05, 0.1) is 17.5 Å². The van der Waals surface area contributed by atoms with E-state index in [1.165, 1.54) is 11.8 Å². The third-order valence-corrected chi connectivity index (χ3v) is 5.65. The van der Waals surface area contributed by atoms with E-state index in [0.717, 1.165) is 37.9 Å². The van der Waals surface area contributed by atoms with Crippen molar-refractivity contribution in [2.24, 2.45) is 0 Å². The summed E-state index contributed by atoms with van der Waals surface area (Å²) in [5, 5.41) is 13.5. The number of carbonyl (C=O) groups excluding carboxylic acids is 2. The molecule has 1 atom stereocenters. The highest BCUT2D eigenvalue weighted by molar-refractivity contribution is 5.95. The Morgan fingerprint density at radius 3 is 2.57 bits per heavy atom. The van der Waals surface area contributed by atoms with Crippen molar-refractivity contribution in [2.45, 2.75) is 70.9 Å². The number of nitrogens with zero attached hydrogens (tertiary/aromatic N) is 4. The molecule has 3 rings (SSSR count). The summed E-state index contributed by atoms with van der Waals surface area (Å²) in [6.07, 6.45) is 6.97. The molecule has 1 aromatic rings. The lowest BCUT2D eigenvalue weighted by molar-refractivity contribution is -0.145. The number of aryl methyl sites for hydroxylation is 1. The highest BCUT2D eigenvalue weighted by Gasteiger charge is 2.34. The van der Waals surface area contributed by atoms with Crippen molar-refractivity contribution in [3.8, 4) is 0 Å². The lowest BCUT2D eigenvalue weighted by Gasteiger charge is -2.28. The minimum atomic E-state index is -1.01. The molecule has 1 unspecified atom stereocenters. The van der Waals surface area contributed by atoms with E-state index in [0.29, 0.717) is 37.4 Å². The number of rotatable bonds is 7. The van der Waals surface area contributed by atoms with E-state index in [-0.39, 0.29) is 24.4 Å². The fourth-order valence-electron chi connectivity index (χ4n) is 4.14. The first-order valence-corrected chi connectivity index (χ1v) is 10.3. The number of hydrogen-bond acceptors (Lipinski definition) is 4. The molecule has 0 bridgehead atoms. The summed E-state index contributed by atoms with van der Waals surface area (Å²) in [5.41, 5.74) is 1.78. The smallest absolute Gasteiger partial charge is 0.323 e. The summed E-state index contributed by atoms with van der Waals surface area (Å²) < 4.78 is 1.98. The zero-order chi connectivity index (χ0) is 20.3. The molecule has 2 heterocycles. The Hall–Kier alpha value is -2.38. The van der Waals surface area contributed by atoms with Crippen molar-refractivity contribution in [3.63, 3.8) is 0 Å². The number of aromatic nitrogens is 2. The van der Waals surface area contributed by atoms with Gasteiger partial charge in [0, 0.05) is 38.5 Å². The Morgan fingerprint density at radius 2 is 1.96 bits per heavy atom. The molecule has 1 saturated heterocycles. The van der Waals surface area contributed by atoms with Gasteiger partial charge in [0.15, 0.2) is 0 Å². The Kier molecular flexibility index (Phi) is 6.36. The van der Waals surface area contributed by atoms with Crippen LogP contribution in [0.3, 0.4) is 0 Å². The normalized spacial score (nSPS) is 19.9. The van der Waals surface area contributed by atoms with E-state index in [4.69, 9.17) is 5.11 Å². The summed E-state index contributed by atoms with van der Waals surface area (Å²) in [6, 6.07) is -0.142. The van der Waals surface area contributed by atoms with E-state index in [9.17, 15) is 14.4 Å². The Labute approximate surface area is 165 Å². The second-order valence-corrected chi connectivity index (χ2v) is 7.86. The molecule has 28 heavy (non-hydrogen) atoms. The number of hydrogen-bond donors (Lipinski definition) is 1. The van der Waals surface area contributed by atoms with Gasteiger partial charge >= 0.3 is 5.97 Å². The maximum Gasteiger partial charge on any atom is 0.323 e. The van der Waals surface area contributed by atoms with Gasteiger partial charge in [-0.3, -0.25) is 19.1 Å². The highest BCUT2D eigenvalue weighted by Crippen LogP contribution is 2.42. The zero-order valence-corrected chi connectivity index (χ0v) is 16.8. The second kappa shape index (κ2) is 8.75. The van der Waals surface area contributed by atoms with Gasteiger partial charge in [0.1, 0.15) is 6.54 Å². The largest absolute Gasteiger partial charge is 0.480 e. The minimum Gasteiger partial charge on any atom is -0.480 e. The summed E-state index contributed by atoms with van der Waals surface area (Å²) in [5.74, 6) is -0.789. The second-order valence-electron chi connectivity index (χ2n) is 7.86. The number of likely N-dealkylation sites (tertiary alicyclic amines) is 1. The van der Waals surface area contributed by atoms with E-state index in [2.05, 4.69) is 12.0 Å². The average molecular weight is 390 g/mol. The summed E-state index contributed by atoms with van der Waals surface area (Å²) in [6.45, 7) is 5.19. The molecule has 1 aliphatic heterocycles. The number of aliphatic carboxylic acids is 1. The van der Waals surface area contributed by atoms with Gasteiger partial charge in [0.2, 0.25) is 5.91 Å². The lowest BCUT2D eigenvalue weighted by atomic mass is 10.1. The molecule has 8 heteroatoms. The van der Waals surface area contributed by atoms with Crippen LogP contribution in [0.5, 0.6) is 0 Å². The topological polar surface area (TPSA) is 95.7 Å². The molecule has 1 N–H and O–H groups in total. The highest BCUT2D eigenvalue weighted by atomic mass is 16.4. The Morgan fingerprint density at radius 1 is 1.21 bits per heavy atom. The van der Waals surface area contributed by atoms with Gasteiger partial charge in [0.25, 0.3) is 5.91 Å². The SMILES string of the molecule is CCCn1ncc(C(=O)N2CCCC(N(CC(=O)O)C(C)=O)CC2)c1C1CC1. The van der Waals surface area contributed by atoms with E-state index < -0.39 is 5.97 Å². The maximum atomic E-state index is 13.2. The van der Waals surface area contributed by atoms with E-state index in [1.54, 1.807) is 6.20 Å². The van der Waals surface area contributed by atoms with Crippen LogP contribution in [-0.4, -0.2) is 68.1 Å². The van der Waals surface area contributed by atoms with Crippen molar-refractivity contribution in [1.29, 1.82) is 0 Å². The van der Waals surface area contributed by atoms with Crippen LogP contribution in [0, 0.1) is 0 Å². The average Bonchev–Trinajstić information content (AvgIpc) is 3.44. The van der Waals surface area contributed by atoms with E-state index in [1.807, 2.05) is 9.58 Å². The third-order valence-electron chi connectivity index (χ3n) is 5.65. The standard InChI is InChI=1S/C20H30N4O4/c1-3-9-24-19(15-6-7-15)17(12-21-24)20(28)22-10-4-5-16(8-11-22)23(14(2)25)13-18(26)27/h12,15-16H,3-11,13H2,1-2H3,(H,26,27). The molecule has 2 amide bonds. The lowest BCUT2D eigenvalue weighted by Crippen LogP contribution is -2.43. The first-order chi connectivity index (χ1) is 13.4. The quantitative estimate of drug-likeness (QED) is 0.769. The third kappa shape index (κ3) is 4.54. The molecule has 1 aromatic heterocycles. The number of carbonyl (C=O) groups is 3. The van der Waals surface area contributed by atoms with Crippen molar-refractivity contribution < 1.29 is 19.5 Å². The van der Waals surface area contributed by atoms with Gasteiger partial charge in [-0.25, -0.2) is 0 Å². The summed E-state index contributed by atoms with van der Waals surface area (Å²) in [7, 11) is 0. The molecule has 2 aliphatic rings. The summed E-state index contributed by atoms with van der Waals surface area (Å²) in [4.78, 5) is 39.5. The van der Waals surface area contributed by atoms with Crippen molar-refractivity contribution >= 4 is 17.8 Å². The zero-order valence-electron chi connectivity index (χ0n) is 16.8. The van der Waals surface area contributed by atoms with Crippen LogP contribution in [0.25, 0.3) is 0 Å². The van der Waals surface area contributed by atoms with Gasteiger partial charge in [-0.05, 0) is 38.5 Å². The van der Waals surface area contributed by atoms with Crippen LogP contribution >= 0.6 is 0 Å². The number of amides is 2. The minimum absolute atomic E-state index is 0.0116. The van der Waals surface area contributed by atoms with Crippen LogP contribution in [0.15, 0.2) is 6.20 Å².